The molecule has 0 aromatic heterocycles. The number of carbonyl (C=O) groups excluding carboxylic acids is 1. The lowest BCUT2D eigenvalue weighted by molar-refractivity contribution is -0.148. The van der Waals surface area contributed by atoms with Gasteiger partial charge in [0.15, 0.2) is 11.6 Å². The van der Waals surface area contributed by atoms with Crippen LogP contribution < -0.4 is 0 Å². The Kier molecular flexibility index (Phi) is 4.22. The zero-order chi connectivity index (χ0) is 18.5. The SMILES string of the molecule is O=C(c1ccc(F)c(F)c1)N1C[C@@H]2CN(C3CCCC3)C[C@]2(C(=O)O)C1. The van der Waals surface area contributed by atoms with Crippen LogP contribution in [0.5, 0.6) is 0 Å². The summed E-state index contributed by atoms with van der Waals surface area (Å²) >= 11 is 0. The smallest absolute Gasteiger partial charge is 0.313 e. The minimum Gasteiger partial charge on any atom is -0.481 e. The summed E-state index contributed by atoms with van der Waals surface area (Å²) in [6, 6.07) is 3.50. The van der Waals surface area contributed by atoms with E-state index in [-0.39, 0.29) is 18.0 Å². The first kappa shape index (κ1) is 17.4. The van der Waals surface area contributed by atoms with Crippen LogP contribution >= 0.6 is 0 Å². The molecule has 1 amide bonds. The Morgan fingerprint density at radius 3 is 2.42 bits per heavy atom. The van der Waals surface area contributed by atoms with Crippen molar-refractivity contribution in [3.63, 3.8) is 0 Å². The molecule has 1 aromatic carbocycles. The Morgan fingerprint density at radius 2 is 1.81 bits per heavy atom. The summed E-state index contributed by atoms with van der Waals surface area (Å²) in [4.78, 5) is 28.5. The van der Waals surface area contributed by atoms with Crippen LogP contribution in [0.15, 0.2) is 18.2 Å². The Labute approximate surface area is 150 Å². The van der Waals surface area contributed by atoms with Crippen molar-refractivity contribution < 1.29 is 23.5 Å². The van der Waals surface area contributed by atoms with Gasteiger partial charge in [0, 0.05) is 43.7 Å². The number of aliphatic carboxylic acids is 1. The van der Waals surface area contributed by atoms with E-state index in [0.29, 0.717) is 25.7 Å². The number of amides is 1. The Bertz CT molecular complexity index is 750. The van der Waals surface area contributed by atoms with Gasteiger partial charge in [-0.15, -0.1) is 0 Å². The molecule has 2 atom stereocenters. The number of hydrogen-bond acceptors (Lipinski definition) is 3. The fourth-order valence-corrected chi connectivity index (χ4v) is 4.92. The van der Waals surface area contributed by atoms with Crippen molar-refractivity contribution >= 4 is 11.9 Å². The number of likely N-dealkylation sites (tertiary alicyclic amines) is 2. The van der Waals surface area contributed by atoms with Crippen LogP contribution in [-0.4, -0.2) is 59.0 Å². The highest BCUT2D eigenvalue weighted by Crippen LogP contribution is 2.45. The topological polar surface area (TPSA) is 60.9 Å². The predicted molar refractivity (Wildman–Crippen MR) is 89.6 cm³/mol. The average molecular weight is 364 g/mol. The molecule has 4 rings (SSSR count). The molecule has 7 heteroatoms. The van der Waals surface area contributed by atoms with Gasteiger partial charge in [0.1, 0.15) is 5.41 Å². The third-order valence-electron chi connectivity index (χ3n) is 6.36. The number of nitrogens with zero attached hydrogens (tertiary/aromatic N) is 2. The maximum atomic E-state index is 13.4. The third kappa shape index (κ3) is 2.69. The Morgan fingerprint density at radius 1 is 1.08 bits per heavy atom. The largest absolute Gasteiger partial charge is 0.481 e. The minimum atomic E-state index is -1.07. The lowest BCUT2D eigenvalue weighted by Crippen LogP contribution is -2.43. The van der Waals surface area contributed by atoms with Crippen LogP contribution in [0.25, 0.3) is 0 Å². The van der Waals surface area contributed by atoms with Gasteiger partial charge in [0.05, 0.1) is 0 Å². The number of carbonyl (C=O) groups is 2. The zero-order valence-electron chi connectivity index (χ0n) is 14.5. The molecule has 140 valence electrons. The molecule has 1 aliphatic carbocycles. The zero-order valence-corrected chi connectivity index (χ0v) is 14.5. The first-order valence-electron chi connectivity index (χ1n) is 9.12. The molecule has 1 saturated carbocycles. The second-order valence-corrected chi connectivity index (χ2v) is 7.84. The fourth-order valence-electron chi connectivity index (χ4n) is 4.92. The van der Waals surface area contributed by atoms with Crippen molar-refractivity contribution in [2.24, 2.45) is 11.3 Å². The highest BCUT2D eigenvalue weighted by molar-refractivity contribution is 5.95. The van der Waals surface area contributed by atoms with Crippen LogP contribution in [0, 0.1) is 23.0 Å². The molecule has 2 aliphatic heterocycles. The molecule has 0 bridgehead atoms. The van der Waals surface area contributed by atoms with Gasteiger partial charge >= 0.3 is 5.97 Å². The van der Waals surface area contributed by atoms with E-state index in [1.807, 2.05) is 0 Å². The molecule has 3 fully saturated rings. The molecule has 26 heavy (non-hydrogen) atoms. The van der Waals surface area contributed by atoms with Crippen molar-refractivity contribution in [1.29, 1.82) is 0 Å². The van der Waals surface area contributed by atoms with Gasteiger partial charge < -0.3 is 10.0 Å². The highest BCUT2D eigenvalue weighted by Gasteiger charge is 2.59. The molecule has 2 saturated heterocycles. The maximum Gasteiger partial charge on any atom is 0.313 e. The predicted octanol–water partition coefficient (Wildman–Crippen LogP) is 2.37. The number of carboxylic acids is 1. The van der Waals surface area contributed by atoms with E-state index < -0.39 is 28.9 Å². The first-order chi connectivity index (χ1) is 12.4. The molecule has 0 radical (unpaired) electrons. The van der Waals surface area contributed by atoms with Crippen LogP contribution in [0.2, 0.25) is 0 Å². The van der Waals surface area contributed by atoms with Crippen molar-refractivity contribution in [2.45, 2.75) is 31.7 Å². The third-order valence-corrected chi connectivity index (χ3v) is 6.36. The minimum absolute atomic E-state index is 0.0528. The van der Waals surface area contributed by atoms with E-state index in [2.05, 4.69) is 4.90 Å². The van der Waals surface area contributed by atoms with E-state index in [9.17, 15) is 23.5 Å². The lowest BCUT2D eigenvalue weighted by atomic mass is 9.81. The van der Waals surface area contributed by atoms with Crippen LogP contribution in [-0.2, 0) is 4.79 Å². The summed E-state index contributed by atoms with van der Waals surface area (Å²) in [5.74, 6) is -3.52. The van der Waals surface area contributed by atoms with Crippen LogP contribution in [0.3, 0.4) is 0 Å². The summed E-state index contributed by atoms with van der Waals surface area (Å²) in [6.45, 7) is 1.60. The molecule has 0 unspecified atom stereocenters. The molecular formula is C19H22F2N2O3. The number of fused-ring (bicyclic) bond motifs is 1. The number of carboxylic acid groups (broad SMARTS) is 1. The second-order valence-electron chi connectivity index (χ2n) is 7.84. The summed E-state index contributed by atoms with van der Waals surface area (Å²) in [6.07, 6.45) is 4.60. The second kappa shape index (κ2) is 6.30. The summed E-state index contributed by atoms with van der Waals surface area (Å²) in [7, 11) is 0. The van der Waals surface area contributed by atoms with Gasteiger partial charge in [0.2, 0.25) is 0 Å². The number of benzene rings is 1. The Balaban J connectivity index is 1.53. The van der Waals surface area contributed by atoms with Crippen molar-refractivity contribution in [3.8, 4) is 0 Å². The van der Waals surface area contributed by atoms with Crippen LogP contribution in [0.1, 0.15) is 36.0 Å². The molecule has 1 aromatic rings. The number of hydrogen-bond donors (Lipinski definition) is 1. The number of rotatable bonds is 3. The van der Waals surface area contributed by atoms with Gasteiger partial charge in [-0.3, -0.25) is 14.5 Å². The summed E-state index contributed by atoms with van der Waals surface area (Å²) in [5.41, 5.74) is -0.909. The van der Waals surface area contributed by atoms with E-state index in [1.165, 1.54) is 23.8 Å². The quantitative estimate of drug-likeness (QED) is 0.895. The standard InChI is InChI=1S/C19H22F2N2O3/c20-15-6-5-12(7-16(15)21)17(24)23-9-13-8-22(14-3-1-2-4-14)10-19(13,11-23)18(25)26/h5-7,13-14H,1-4,8-11H2,(H,25,26)/t13-,19-/m0/s1. The molecule has 3 aliphatic rings. The average Bonchev–Trinajstić information content (AvgIpc) is 3.30. The van der Waals surface area contributed by atoms with Gasteiger partial charge in [-0.1, -0.05) is 12.8 Å². The van der Waals surface area contributed by atoms with Gasteiger partial charge in [-0.2, -0.15) is 0 Å². The van der Waals surface area contributed by atoms with Gasteiger partial charge in [0.25, 0.3) is 5.91 Å². The molecular weight excluding hydrogens is 342 g/mol. The maximum absolute atomic E-state index is 13.4. The fraction of sp³-hybridized carbons (Fsp3) is 0.579. The lowest BCUT2D eigenvalue weighted by Gasteiger charge is -2.28. The molecule has 1 N–H and O–H groups in total. The first-order valence-corrected chi connectivity index (χ1v) is 9.12. The molecule has 5 nitrogen and oxygen atoms in total. The van der Waals surface area contributed by atoms with Gasteiger partial charge in [-0.25, -0.2) is 8.78 Å². The van der Waals surface area contributed by atoms with E-state index in [4.69, 9.17) is 0 Å². The molecule has 2 heterocycles. The van der Waals surface area contributed by atoms with Gasteiger partial charge in [-0.05, 0) is 31.0 Å². The normalized spacial score (nSPS) is 29.3. The van der Waals surface area contributed by atoms with E-state index in [1.54, 1.807) is 0 Å². The summed E-state index contributed by atoms with van der Waals surface area (Å²) in [5, 5.41) is 9.91. The van der Waals surface area contributed by atoms with Crippen molar-refractivity contribution in [2.75, 3.05) is 26.2 Å². The molecule has 0 spiro atoms. The van der Waals surface area contributed by atoms with Crippen molar-refractivity contribution in [3.05, 3.63) is 35.4 Å². The highest BCUT2D eigenvalue weighted by atomic mass is 19.2. The Hall–Kier alpha value is -2.02. The van der Waals surface area contributed by atoms with E-state index in [0.717, 1.165) is 25.0 Å². The van der Waals surface area contributed by atoms with E-state index >= 15 is 0 Å². The monoisotopic (exact) mass is 364 g/mol. The number of halogens is 2. The van der Waals surface area contributed by atoms with Crippen LogP contribution in [0.4, 0.5) is 8.78 Å². The summed E-state index contributed by atoms with van der Waals surface area (Å²) < 4.78 is 26.5. The van der Waals surface area contributed by atoms with Crippen molar-refractivity contribution in [1.82, 2.24) is 9.80 Å².